The Morgan fingerprint density at radius 1 is 1.47 bits per heavy atom. The maximum Gasteiger partial charge on any atom is 0.0813 e. The first kappa shape index (κ1) is 8.92. The van der Waals surface area contributed by atoms with Crippen LogP contribution in [-0.2, 0) is 18.2 Å². The molecule has 1 unspecified atom stereocenters. The van der Waals surface area contributed by atoms with Crippen LogP contribution in [0.3, 0.4) is 0 Å². The van der Waals surface area contributed by atoms with Crippen molar-refractivity contribution in [3.8, 4) is 0 Å². The summed E-state index contributed by atoms with van der Waals surface area (Å²) in [6.45, 7) is 0.935. The molecule has 0 spiro atoms. The molecular weight excluding hydrogens is 188 g/mol. The number of rotatable bonds is 3. The Hall–Kier alpha value is -1.35. The molecule has 2 aromatic rings. The van der Waals surface area contributed by atoms with E-state index in [9.17, 15) is 0 Å². The quantitative estimate of drug-likeness (QED) is 0.712. The number of aromatic nitrogens is 2. The van der Waals surface area contributed by atoms with Gasteiger partial charge in [-0.25, -0.2) is 0 Å². The summed E-state index contributed by atoms with van der Waals surface area (Å²) in [5, 5.41) is 5.83. The Labute approximate surface area is 88.7 Å². The van der Waals surface area contributed by atoms with E-state index in [2.05, 4.69) is 29.4 Å². The fourth-order valence-electron chi connectivity index (χ4n) is 2.01. The molecule has 1 aliphatic rings. The van der Waals surface area contributed by atoms with Crippen molar-refractivity contribution in [1.29, 1.82) is 0 Å². The lowest BCUT2D eigenvalue weighted by Crippen LogP contribution is -1.94. The van der Waals surface area contributed by atoms with E-state index in [1.807, 2.05) is 11.7 Å². The molecular formula is C12H14N2O. The van der Waals surface area contributed by atoms with Crippen LogP contribution in [0.5, 0.6) is 0 Å². The van der Waals surface area contributed by atoms with Crippen molar-refractivity contribution in [3.63, 3.8) is 0 Å². The number of benzene rings is 1. The number of ether oxygens (including phenoxy) is 1. The highest BCUT2D eigenvalue weighted by Gasteiger charge is 2.22. The van der Waals surface area contributed by atoms with Crippen LogP contribution in [0.25, 0.3) is 10.9 Å². The molecule has 0 saturated carbocycles. The second-order valence-corrected chi connectivity index (χ2v) is 4.08. The number of epoxide rings is 1. The van der Waals surface area contributed by atoms with Crippen LogP contribution in [0.15, 0.2) is 24.3 Å². The van der Waals surface area contributed by atoms with Gasteiger partial charge >= 0.3 is 0 Å². The molecule has 1 atom stereocenters. The van der Waals surface area contributed by atoms with Crippen LogP contribution in [0.2, 0.25) is 0 Å². The summed E-state index contributed by atoms with van der Waals surface area (Å²) in [6, 6.07) is 8.38. The van der Waals surface area contributed by atoms with Crippen LogP contribution in [0, 0.1) is 0 Å². The number of aryl methyl sites for hydroxylation is 2. The number of nitrogens with zero attached hydrogens (tertiary/aromatic N) is 2. The molecule has 1 aliphatic heterocycles. The summed E-state index contributed by atoms with van der Waals surface area (Å²) in [5.41, 5.74) is 2.41. The van der Waals surface area contributed by atoms with E-state index >= 15 is 0 Å². The number of fused-ring (bicyclic) bond motifs is 1. The SMILES string of the molecule is Cn1nc(CCC2CO2)c2ccccc21. The van der Waals surface area contributed by atoms with Crippen LogP contribution >= 0.6 is 0 Å². The third kappa shape index (κ3) is 1.63. The van der Waals surface area contributed by atoms with Crippen molar-refractivity contribution in [2.45, 2.75) is 18.9 Å². The Morgan fingerprint density at radius 3 is 3.07 bits per heavy atom. The second-order valence-electron chi connectivity index (χ2n) is 4.08. The zero-order valence-electron chi connectivity index (χ0n) is 8.81. The van der Waals surface area contributed by atoms with Crippen molar-refractivity contribution in [1.82, 2.24) is 9.78 Å². The monoisotopic (exact) mass is 202 g/mol. The van der Waals surface area contributed by atoms with Crippen LogP contribution in [0.1, 0.15) is 12.1 Å². The molecule has 0 N–H and O–H groups in total. The third-order valence-corrected chi connectivity index (χ3v) is 2.94. The van der Waals surface area contributed by atoms with Crippen LogP contribution in [-0.4, -0.2) is 22.5 Å². The van der Waals surface area contributed by atoms with Gasteiger partial charge in [0.05, 0.1) is 23.9 Å². The largest absolute Gasteiger partial charge is 0.373 e. The second kappa shape index (κ2) is 3.35. The van der Waals surface area contributed by atoms with Gasteiger partial charge in [0.15, 0.2) is 0 Å². The average Bonchev–Trinajstić information content (AvgIpc) is 3.03. The first-order chi connectivity index (χ1) is 7.34. The zero-order chi connectivity index (χ0) is 10.3. The predicted octanol–water partition coefficient (Wildman–Crippen LogP) is 1.90. The van der Waals surface area contributed by atoms with E-state index in [-0.39, 0.29) is 0 Å². The summed E-state index contributed by atoms with van der Waals surface area (Å²) in [4.78, 5) is 0. The van der Waals surface area contributed by atoms with Crippen LogP contribution < -0.4 is 0 Å². The first-order valence-electron chi connectivity index (χ1n) is 5.37. The van der Waals surface area contributed by atoms with Gasteiger partial charge in [-0.15, -0.1) is 0 Å². The van der Waals surface area contributed by atoms with Gasteiger partial charge in [-0.05, 0) is 18.9 Å². The van der Waals surface area contributed by atoms with Gasteiger partial charge in [-0.1, -0.05) is 18.2 Å². The van der Waals surface area contributed by atoms with E-state index in [1.54, 1.807) is 0 Å². The summed E-state index contributed by atoms with van der Waals surface area (Å²) in [7, 11) is 2.00. The van der Waals surface area contributed by atoms with Gasteiger partial charge in [0.2, 0.25) is 0 Å². The molecule has 2 heterocycles. The summed E-state index contributed by atoms with van der Waals surface area (Å²) in [6.07, 6.45) is 2.61. The molecule has 1 aromatic heterocycles. The van der Waals surface area contributed by atoms with E-state index < -0.39 is 0 Å². The minimum atomic E-state index is 0.491. The predicted molar refractivity (Wildman–Crippen MR) is 58.8 cm³/mol. The maximum atomic E-state index is 5.21. The molecule has 0 bridgehead atoms. The molecule has 1 aromatic carbocycles. The smallest absolute Gasteiger partial charge is 0.0813 e. The molecule has 3 heteroatoms. The summed E-state index contributed by atoms with van der Waals surface area (Å²) < 4.78 is 7.17. The number of hydrogen-bond acceptors (Lipinski definition) is 2. The normalized spacial score (nSPS) is 19.7. The summed E-state index contributed by atoms with van der Waals surface area (Å²) >= 11 is 0. The molecule has 0 radical (unpaired) electrons. The van der Waals surface area contributed by atoms with Crippen molar-refractivity contribution < 1.29 is 4.74 Å². The van der Waals surface area contributed by atoms with Gasteiger partial charge < -0.3 is 4.74 Å². The average molecular weight is 202 g/mol. The van der Waals surface area contributed by atoms with Crippen molar-refractivity contribution in [3.05, 3.63) is 30.0 Å². The Kier molecular flexibility index (Phi) is 1.99. The lowest BCUT2D eigenvalue weighted by atomic mass is 10.1. The van der Waals surface area contributed by atoms with Gasteiger partial charge in [0.1, 0.15) is 0 Å². The Morgan fingerprint density at radius 2 is 2.27 bits per heavy atom. The first-order valence-corrected chi connectivity index (χ1v) is 5.37. The van der Waals surface area contributed by atoms with Gasteiger partial charge in [0.25, 0.3) is 0 Å². The highest BCUT2D eigenvalue weighted by atomic mass is 16.6. The van der Waals surface area contributed by atoms with Gasteiger partial charge in [-0.2, -0.15) is 5.10 Å². The third-order valence-electron chi connectivity index (χ3n) is 2.94. The van der Waals surface area contributed by atoms with Crippen molar-refractivity contribution in [2.75, 3.05) is 6.61 Å². The zero-order valence-corrected chi connectivity index (χ0v) is 8.81. The Balaban J connectivity index is 1.94. The van der Waals surface area contributed by atoms with Crippen molar-refractivity contribution in [2.24, 2.45) is 7.05 Å². The molecule has 3 nitrogen and oxygen atoms in total. The van der Waals surface area contributed by atoms with Crippen LogP contribution in [0.4, 0.5) is 0 Å². The van der Waals surface area contributed by atoms with Gasteiger partial charge in [-0.3, -0.25) is 4.68 Å². The molecule has 15 heavy (non-hydrogen) atoms. The Bertz CT molecular complexity index is 485. The van der Waals surface area contributed by atoms with E-state index in [0.29, 0.717) is 6.10 Å². The number of para-hydroxylation sites is 1. The lowest BCUT2D eigenvalue weighted by molar-refractivity contribution is 0.396. The molecule has 78 valence electrons. The molecule has 0 aliphatic carbocycles. The van der Waals surface area contributed by atoms with E-state index in [1.165, 1.54) is 16.6 Å². The summed E-state index contributed by atoms with van der Waals surface area (Å²) in [5.74, 6) is 0. The minimum Gasteiger partial charge on any atom is -0.373 e. The maximum absolute atomic E-state index is 5.21. The number of hydrogen-bond donors (Lipinski definition) is 0. The fraction of sp³-hybridized carbons (Fsp3) is 0.417. The minimum absolute atomic E-state index is 0.491. The molecule has 0 amide bonds. The molecule has 3 rings (SSSR count). The highest BCUT2D eigenvalue weighted by Crippen LogP contribution is 2.22. The van der Waals surface area contributed by atoms with E-state index in [4.69, 9.17) is 4.74 Å². The highest BCUT2D eigenvalue weighted by molar-refractivity contribution is 5.81. The van der Waals surface area contributed by atoms with Crippen molar-refractivity contribution >= 4 is 10.9 Å². The van der Waals surface area contributed by atoms with Gasteiger partial charge in [0, 0.05) is 12.4 Å². The molecule has 1 fully saturated rings. The van der Waals surface area contributed by atoms with E-state index in [0.717, 1.165) is 19.4 Å². The lowest BCUT2D eigenvalue weighted by Gasteiger charge is -1.93. The standard InChI is InChI=1S/C12H14N2O/c1-14-12-5-3-2-4-10(12)11(13-14)7-6-9-8-15-9/h2-5,9H,6-8H2,1H3. The topological polar surface area (TPSA) is 30.4 Å². The molecule has 1 saturated heterocycles. The fourth-order valence-corrected chi connectivity index (χ4v) is 2.01.